The molecule has 28 heavy (non-hydrogen) atoms. The highest BCUT2D eigenvalue weighted by molar-refractivity contribution is 7.87. The van der Waals surface area contributed by atoms with Crippen molar-refractivity contribution in [3.05, 3.63) is 0 Å². The fourth-order valence-corrected chi connectivity index (χ4v) is 2.73. The number of hydrogen-bond donors (Lipinski definition) is 0. The normalized spacial score (nSPS) is 15.9. The smallest absolute Gasteiger partial charge is 0.467 e. The fraction of sp³-hybridized carbons (Fsp3) is 0.938. The highest BCUT2D eigenvalue weighted by Gasteiger charge is 2.51. The lowest BCUT2D eigenvalue weighted by atomic mass is 10.0. The first kappa shape index (κ1) is 27.0. The Morgan fingerprint density at radius 3 is 2.04 bits per heavy atom. The van der Waals surface area contributed by atoms with Crippen molar-refractivity contribution in [1.82, 2.24) is 0 Å². The molecule has 0 aliphatic rings. The van der Waals surface area contributed by atoms with Crippen molar-refractivity contribution in [2.45, 2.75) is 76.6 Å². The molecule has 0 amide bonds. The van der Waals surface area contributed by atoms with Crippen LogP contribution in [0, 0.1) is 0 Å². The van der Waals surface area contributed by atoms with Crippen LogP contribution in [0.15, 0.2) is 0 Å². The monoisotopic (exact) mass is 438 g/mol. The summed E-state index contributed by atoms with van der Waals surface area (Å²) in [6.45, 7) is 8.28. The molecule has 0 aromatic heterocycles. The summed E-state index contributed by atoms with van der Waals surface area (Å²) in [5, 5.41) is 0. The van der Waals surface area contributed by atoms with Crippen LogP contribution in [-0.4, -0.2) is 64.3 Å². The van der Waals surface area contributed by atoms with Gasteiger partial charge >= 0.3 is 21.6 Å². The van der Waals surface area contributed by atoms with E-state index in [1.165, 1.54) is 14.0 Å². The van der Waals surface area contributed by atoms with Crippen LogP contribution in [0.1, 0.15) is 47.5 Å². The van der Waals surface area contributed by atoms with Crippen LogP contribution in [0.2, 0.25) is 0 Å². The molecule has 0 bridgehead atoms. The minimum absolute atomic E-state index is 0.321. The maximum Gasteiger partial charge on any atom is 0.523 e. The van der Waals surface area contributed by atoms with Crippen molar-refractivity contribution in [2.24, 2.45) is 0 Å². The fourth-order valence-electron chi connectivity index (χ4n) is 2.12. The Morgan fingerprint density at radius 2 is 1.61 bits per heavy atom. The molecule has 0 spiro atoms. The van der Waals surface area contributed by atoms with Gasteiger partial charge in [-0.3, -0.25) is 0 Å². The van der Waals surface area contributed by atoms with Gasteiger partial charge in [-0.05, 0) is 47.5 Å². The molecule has 168 valence electrons. The number of methoxy groups -OCH3 is 2. The van der Waals surface area contributed by atoms with Crippen molar-refractivity contribution in [3.8, 4) is 0 Å². The van der Waals surface area contributed by atoms with E-state index < -0.39 is 45.2 Å². The molecular formula is C16H29F3O8S. The molecule has 12 heteroatoms. The largest absolute Gasteiger partial charge is 0.523 e. The second kappa shape index (κ2) is 10.2. The summed E-state index contributed by atoms with van der Waals surface area (Å²) in [5.74, 6) is -2.07. The molecule has 0 radical (unpaired) electrons. The second-order valence-electron chi connectivity index (χ2n) is 7.08. The van der Waals surface area contributed by atoms with E-state index in [0.29, 0.717) is 19.4 Å². The molecule has 2 atom stereocenters. The summed E-state index contributed by atoms with van der Waals surface area (Å²) in [5.41, 5.74) is -6.60. The first-order valence-corrected chi connectivity index (χ1v) is 9.83. The topological polar surface area (TPSA) is 97.4 Å². The zero-order chi connectivity index (χ0) is 22.4. The zero-order valence-electron chi connectivity index (χ0n) is 17.1. The second-order valence-corrected chi connectivity index (χ2v) is 8.64. The summed E-state index contributed by atoms with van der Waals surface area (Å²) in [4.78, 5) is 11.8. The van der Waals surface area contributed by atoms with E-state index in [1.807, 2.05) is 0 Å². The van der Waals surface area contributed by atoms with Crippen molar-refractivity contribution in [1.29, 1.82) is 0 Å². The lowest BCUT2D eigenvalue weighted by molar-refractivity contribution is -0.200. The van der Waals surface area contributed by atoms with Crippen molar-refractivity contribution in [2.75, 3.05) is 20.8 Å². The van der Waals surface area contributed by atoms with Gasteiger partial charge in [-0.1, -0.05) is 0 Å². The molecule has 8 nitrogen and oxygen atoms in total. The Bertz CT molecular complexity index is 602. The van der Waals surface area contributed by atoms with Gasteiger partial charge < -0.3 is 18.9 Å². The van der Waals surface area contributed by atoms with E-state index in [4.69, 9.17) is 14.2 Å². The number of alkyl halides is 3. The van der Waals surface area contributed by atoms with Gasteiger partial charge in [-0.25, -0.2) is 8.98 Å². The van der Waals surface area contributed by atoms with E-state index >= 15 is 0 Å². The quantitative estimate of drug-likeness (QED) is 0.151. The van der Waals surface area contributed by atoms with Crippen molar-refractivity contribution >= 4 is 16.1 Å². The number of carbonyl (C=O) groups excluding carboxylic acids is 1. The predicted octanol–water partition coefficient (Wildman–Crippen LogP) is 2.76. The molecule has 0 aromatic carbocycles. The highest BCUT2D eigenvalue weighted by Crippen LogP contribution is 2.28. The van der Waals surface area contributed by atoms with Gasteiger partial charge in [-0.15, -0.1) is 0 Å². The van der Waals surface area contributed by atoms with E-state index in [1.54, 1.807) is 27.7 Å². The Hall–Kier alpha value is -0.950. The lowest BCUT2D eigenvalue weighted by Gasteiger charge is -2.32. The molecule has 0 N–H and O–H groups in total. The molecule has 0 aliphatic carbocycles. The van der Waals surface area contributed by atoms with Crippen molar-refractivity contribution in [3.63, 3.8) is 0 Å². The third-order valence-corrected chi connectivity index (χ3v) is 4.77. The van der Waals surface area contributed by atoms with Crippen LogP contribution in [0.5, 0.6) is 0 Å². The summed E-state index contributed by atoms with van der Waals surface area (Å²) < 4.78 is 84.8. The number of ether oxygens (including phenoxy) is 4. The first-order valence-electron chi connectivity index (χ1n) is 8.42. The Labute approximate surface area is 163 Å². The third kappa shape index (κ3) is 9.03. The summed E-state index contributed by atoms with van der Waals surface area (Å²) in [6, 6.07) is 0. The van der Waals surface area contributed by atoms with Gasteiger partial charge in [0.05, 0.1) is 25.4 Å². The summed E-state index contributed by atoms with van der Waals surface area (Å²) in [6.07, 6.45) is -2.54. The molecule has 0 aromatic rings. The molecule has 0 fully saturated rings. The maximum absolute atomic E-state index is 12.6. The molecular weight excluding hydrogens is 409 g/mol. The average molecular weight is 438 g/mol. The van der Waals surface area contributed by atoms with Crippen LogP contribution in [-0.2, 0) is 38.0 Å². The van der Waals surface area contributed by atoms with E-state index in [9.17, 15) is 26.4 Å². The number of esters is 1. The van der Waals surface area contributed by atoms with E-state index in [0.717, 1.165) is 7.11 Å². The van der Waals surface area contributed by atoms with Crippen LogP contribution >= 0.6 is 0 Å². The Morgan fingerprint density at radius 1 is 1.07 bits per heavy atom. The van der Waals surface area contributed by atoms with Crippen LogP contribution in [0.3, 0.4) is 0 Å². The molecule has 0 aliphatic heterocycles. The number of carbonyl (C=O) groups is 1. The molecule has 0 rings (SSSR count). The van der Waals surface area contributed by atoms with Gasteiger partial charge in [-0.2, -0.15) is 21.6 Å². The van der Waals surface area contributed by atoms with Crippen molar-refractivity contribution < 1.29 is 49.5 Å². The number of rotatable bonds is 12. The maximum atomic E-state index is 12.6. The predicted molar refractivity (Wildman–Crippen MR) is 92.8 cm³/mol. The van der Waals surface area contributed by atoms with E-state index in [-0.39, 0.29) is 0 Å². The lowest BCUT2D eigenvalue weighted by Crippen LogP contribution is -2.45. The molecule has 0 saturated heterocycles. The van der Waals surface area contributed by atoms with Crippen LogP contribution < -0.4 is 0 Å². The minimum atomic E-state index is -6.01. The average Bonchev–Trinajstić information content (AvgIpc) is 2.54. The summed E-state index contributed by atoms with van der Waals surface area (Å²) >= 11 is 0. The highest BCUT2D eigenvalue weighted by atomic mass is 32.2. The first-order chi connectivity index (χ1) is 12.5. The van der Waals surface area contributed by atoms with Gasteiger partial charge in [0.25, 0.3) is 0 Å². The van der Waals surface area contributed by atoms with Crippen LogP contribution in [0.25, 0.3) is 0 Å². The summed E-state index contributed by atoms with van der Waals surface area (Å²) in [7, 11) is -3.62. The Kier molecular flexibility index (Phi) is 9.85. The van der Waals surface area contributed by atoms with E-state index in [2.05, 4.69) is 8.92 Å². The molecule has 0 unspecified atom stereocenters. The van der Waals surface area contributed by atoms with Gasteiger partial charge in [0.1, 0.15) is 0 Å². The third-order valence-electron chi connectivity index (χ3n) is 3.74. The molecule has 0 heterocycles. The zero-order valence-corrected chi connectivity index (χ0v) is 17.9. The molecule has 0 saturated carbocycles. The number of hydrogen-bond acceptors (Lipinski definition) is 8. The minimum Gasteiger partial charge on any atom is -0.467 e. The van der Waals surface area contributed by atoms with Gasteiger partial charge in [0.2, 0.25) is 0 Å². The van der Waals surface area contributed by atoms with Gasteiger partial charge in [0, 0.05) is 7.11 Å². The van der Waals surface area contributed by atoms with Gasteiger partial charge in [0.15, 0.2) is 11.9 Å². The number of halogens is 3. The SMILES string of the molecule is COC(=O)[C@H](OS(=O)(=O)C(F)(F)F)[C@H](C)OC(C)(C)CCCOC(C)(C)OC. The standard InChI is InChI=1S/C16H29F3O8S/c1-11(12(13(20)23-6)27-28(21,22)16(17,18)19)26-14(2,3)9-8-10-25-15(4,5)24-7/h11-12H,8-10H2,1-7H3/t11-,12+/m0/s1. The Balaban J connectivity index is 5.01. The van der Waals surface area contributed by atoms with Crippen LogP contribution in [0.4, 0.5) is 13.2 Å².